The van der Waals surface area contributed by atoms with Gasteiger partial charge in [0.1, 0.15) is 0 Å². The predicted molar refractivity (Wildman–Crippen MR) is 52.4 cm³/mol. The van der Waals surface area contributed by atoms with Crippen LogP contribution in [-0.2, 0) is 0 Å². The second kappa shape index (κ2) is 3.54. The quantitative estimate of drug-likeness (QED) is 0.620. The van der Waals surface area contributed by atoms with E-state index in [1.165, 1.54) is 0 Å². The van der Waals surface area contributed by atoms with Crippen molar-refractivity contribution >= 4 is 6.03 Å². The zero-order valence-corrected chi connectivity index (χ0v) is 8.63. The van der Waals surface area contributed by atoms with Crippen LogP contribution < -0.4 is 11.1 Å². The number of hydrogen-bond acceptors (Lipinski definition) is 2. The van der Waals surface area contributed by atoms with E-state index in [-0.39, 0.29) is 11.5 Å². The number of urea groups is 1. The van der Waals surface area contributed by atoms with E-state index >= 15 is 0 Å². The van der Waals surface area contributed by atoms with Crippen molar-refractivity contribution in [1.82, 2.24) is 10.2 Å². The molecule has 4 heteroatoms. The van der Waals surface area contributed by atoms with Crippen molar-refractivity contribution < 1.29 is 4.79 Å². The Balaban J connectivity index is 2.59. The minimum Gasteiger partial charge on any atom is -0.352 e. The van der Waals surface area contributed by atoms with Gasteiger partial charge in [0, 0.05) is 12.6 Å². The Hall–Kier alpha value is -0.770. The molecule has 0 aliphatic carbocycles. The molecule has 1 aliphatic rings. The number of hydrogen-bond donors (Lipinski definition) is 2. The van der Waals surface area contributed by atoms with Crippen molar-refractivity contribution in [3.63, 3.8) is 0 Å². The van der Waals surface area contributed by atoms with Gasteiger partial charge in [-0.3, -0.25) is 0 Å². The first-order valence-electron chi connectivity index (χ1n) is 4.66. The number of primary amides is 1. The van der Waals surface area contributed by atoms with Gasteiger partial charge in [0.15, 0.2) is 0 Å². The molecule has 1 rings (SSSR count). The highest BCUT2D eigenvalue weighted by Gasteiger charge is 2.34. The lowest BCUT2D eigenvalue weighted by Crippen LogP contribution is -2.55. The number of nitrogens with two attached hydrogens (primary N) is 1. The van der Waals surface area contributed by atoms with Crippen molar-refractivity contribution in [2.75, 3.05) is 20.1 Å². The van der Waals surface area contributed by atoms with E-state index in [1.54, 1.807) is 0 Å². The molecule has 4 nitrogen and oxygen atoms in total. The van der Waals surface area contributed by atoms with E-state index in [2.05, 4.69) is 31.1 Å². The topological polar surface area (TPSA) is 58.4 Å². The molecule has 76 valence electrons. The maximum Gasteiger partial charge on any atom is 0.312 e. The summed E-state index contributed by atoms with van der Waals surface area (Å²) >= 11 is 0. The maximum absolute atomic E-state index is 10.7. The average molecular weight is 185 g/mol. The second-order valence-corrected chi connectivity index (χ2v) is 4.58. The van der Waals surface area contributed by atoms with Gasteiger partial charge in [-0.15, -0.1) is 0 Å². The third-order valence-electron chi connectivity index (χ3n) is 2.74. The predicted octanol–water partition coefficient (Wildman–Crippen LogP) is 0.385. The monoisotopic (exact) mass is 185 g/mol. The number of carbonyl (C=O) groups is 1. The van der Waals surface area contributed by atoms with Crippen LogP contribution in [0, 0.1) is 5.41 Å². The van der Waals surface area contributed by atoms with Gasteiger partial charge in [-0.2, -0.15) is 0 Å². The standard InChI is InChI=1S/C9H19N3O/c1-9(2)6-12(3)5-4-7(9)11-8(10)13/h7H,4-6H2,1-3H3,(H3,10,11,13). The minimum atomic E-state index is -0.414. The Morgan fingerprint density at radius 3 is 2.69 bits per heavy atom. The molecule has 1 saturated heterocycles. The molecule has 1 unspecified atom stereocenters. The van der Waals surface area contributed by atoms with Crippen LogP contribution in [0.3, 0.4) is 0 Å². The Morgan fingerprint density at radius 1 is 1.62 bits per heavy atom. The molecule has 2 amide bonds. The van der Waals surface area contributed by atoms with E-state index < -0.39 is 6.03 Å². The number of nitrogens with one attached hydrogen (secondary N) is 1. The van der Waals surface area contributed by atoms with Crippen LogP contribution in [0.15, 0.2) is 0 Å². The fourth-order valence-electron chi connectivity index (χ4n) is 2.06. The number of carbonyl (C=O) groups excluding carboxylic acids is 1. The molecule has 1 aliphatic heterocycles. The smallest absolute Gasteiger partial charge is 0.312 e. The third kappa shape index (κ3) is 2.59. The molecule has 0 aromatic rings. The minimum absolute atomic E-state index is 0.113. The van der Waals surface area contributed by atoms with Crippen LogP contribution in [0.1, 0.15) is 20.3 Å². The fourth-order valence-corrected chi connectivity index (χ4v) is 2.06. The first kappa shape index (κ1) is 10.3. The van der Waals surface area contributed by atoms with Gasteiger partial charge >= 0.3 is 6.03 Å². The number of piperidine rings is 1. The van der Waals surface area contributed by atoms with Gasteiger partial charge < -0.3 is 16.0 Å². The van der Waals surface area contributed by atoms with E-state index in [9.17, 15) is 4.79 Å². The Morgan fingerprint density at radius 2 is 2.23 bits per heavy atom. The van der Waals surface area contributed by atoms with Gasteiger partial charge in [0.05, 0.1) is 0 Å². The van der Waals surface area contributed by atoms with Crippen molar-refractivity contribution in [3.05, 3.63) is 0 Å². The van der Waals surface area contributed by atoms with Crippen LogP contribution in [-0.4, -0.2) is 37.1 Å². The maximum atomic E-state index is 10.7. The third-order valence-corrected chi connectivity index (χ3v) is 2.74. The molecular weight excluding hydrogens is 166 g/mol. The van der Waals surface area contributed by atoms with Crippen molar-refractivity contribution in [3.8, 4) is 0 Å². The molecule has 0 aromatic heterocycles. The van der Waals surface area contributed by atoms with Crippen LogP contribution >= 0.6 is 0 Å². The highest BCUT2D eigenvalue weighted by molar-refractivity contribution is 5.72. The lowest BCUT2D eigenvalue weighted by Gasteiger charge is -2.42. The molecule has 0 saturated carbocycles. The van der Waals surface area contributed by atoms with Crippen LogP contribution in [0.4, 0.5) is 4.79 Å². The van der Waals surface area contributed by atoms with Crippen molar-refractivity contribution in [1.29, 1.82) is 0 Å². The normalized spacial score (nSPS) is 28.4. The molecule has 3 N–H and O–H groups in total. The molecule has 0 aromatic carbocycles. The first-order valence-corrected chi connectivity index (χ1v) is 4.66. The average Bonchev–Trinajstić information content (AvgIpc) is 1.93. The van der Waals surface area contributed by atoms with Gasteiger partial charge in [0.25, 0.3) is 0 Å². The van der Waals surface area contributed by atoms with E-state index in [1.807, 2.05) is 0 Å². The molecule has 13 heavy (non-hydrogen) atoms. The number of likely N-dealkylation sites (tertiary alicyclic amines) is 1. The molecule has 0 spiro atoms. The summed E-state index contributed by atoms with van der Waals surface area (Å²) in [4.78, 5) is 13.0. The highest BCUT2D eigenvalue weighted by Crippen LogP contribution is 2.28. The molecule has 1 fully saturated rings. The van der Waals surface area contributed by atoms with Crippen LogP contribution in [0.25, 0.3) is 0 Å². The Labute approximate surface area is 79.5 Å². The summed E-state index contributed by atoms with van der Waals surface area (Å²) < 4.78 is 0. The van der Waals surface area contributed by atoms with Crippen molar-refractivity contribution in [2.24, 2.45) is 11.1 Å². The van der Waals surface area contributed by atoms with E-state index in [0.29, 0.717) is 0 Å². The van der Waals surface area contributed by atoms with Crippen LogP contribution in [0.5, 0.6) is 0 Å². The highest BCUT2D eigenvalue weighted by atomic mass is 16.2. The molecule has 1 heterocycles. The number of rotatable bonds is 1. The largest absolute Gasteiger partial charge is 0.352 e. The molecule has 0 bridgehead atoms. The van der Waals surface area contributed by atoms with Crippen LogP contribution in [0.2, 0.25) is 0 Å². The molecular formula is C9H19N3O. The van der Waals surface area contributed by atoms with Gasteiger partial charge in [0.2, 0.25) is 0 Å². The Kier molecular flexibility index (Phi) is 2.81. The van der Waals surface area contributed by atoms with Gasteiger partial charge in [-0.25, -0.2) is 4.79 Å². The molecule has 1 atom stereocenters. The van der Waals surface area contributed by atoms with Gasteiger partial charge in [-0.1, -0.05) is 13.8 Å². The van der Waals surface area contributed by atoms with E-state index in [0.717, 1.165) is 19.5 Å². The number of nitrogens with zero attached hydrogens (tertiary/aromatic N) is 1. The lowest BCUT2D eigenvalue weighted by atomic mass is 9.79. The summed E-state index contributed by atoms with van der Waals surface area (Å²) in [6.45, 7) is 6.33. The second-order valence-electron chi connectivity index (χ2n) is 4.58. The summed E-state index contributed by atoms with van der Waals surface area (Å²) in [6, 6.07) is -0.205. The van der Waals surface area contributed by atoms with E-state index in [4.69, 9.17) is 5.73 Å². The summed E-state index contributed by atoms with van der Waals surface area (Å²) in [6.07, 6.45) is 0.979. The number of amides is 2. The summed E-state index contributed by atoms with van der Waals surface area (Å²) in [5.41, 5.74) is 5.23. The zero-order chi connectivity index (χ0) is 10.1. The summed E-state index contributed by atoms with van der Waals surface area (Å²) in [7, 11) is 2.10. The first-order chi connectivity index (χ1) is 5.92. The van der Waals surface area contributed by atoms with Gasteiger partial charge in [-0.05, 0) is 25.4 Å². The van der Waals surface area contributed by atoms with Crippen molar-refractivity contribution in [2.45, 2.75) is 26.3 Å². The SMILES string of the molecule is CN1CCC(NC(N)=O)C(C)(C)C1. The fraction of sp³-hybridized carbons (Fsp3) is 0.889. The molecule has 0 radical (unpaired) electrons. The lowest BCUT2D eigenvalue weighted by molar-refractivity contribution is 0.101. The Bertz CT molecular complexity index is 203. The summed E-state index contributed by atoms with van der Waals surface area (Å²) in [5, 5.41) is 2.80. The summed E-state index contributed by atoms with van der Waals surface area (Å²) in [5.74, 6) is 0. The zero-order valence-electron chi connectivity index (χ0n) is 8.63.